The molecule has 0 fully saturated rings. The molecule has 0 saturated carbocycles. The van der Waals surface area contributed by atoms with Crippen LogP contribution in [0.4, 0.5) is 10.1 Å². The molecule has 0 aliphatic carbocycles. The van der Waals surface area contributed by atoms with E-state index in [1.165, 1.54) is 19.2 Å². The molecular formula is C10H15FN2O3S. The van der Waals surface area contributed by atoms with E-state index in [0.29, 0.717) is 6.54 Å². The standard InChI is InChI=1S/C10H15FN2O3S/c1-12-5-6-17(14,15)13-9-4-3-8(11)7-10(9)16-2/h3-4,7,12-13H,5-6H2,1-2H3. The Morgan fingerprint density at radius 3 is 2.71 bits per heavy atom. The minimum Gasteiger partial charge on any atom is -0.494 e. The van der Waals surface area contributed by atoms with Gasteiger partial charge in [-0.2, -0.15) is 0 Å². The maximum Gasteiger partial charge on any atom is 0.234 e. The van der Waals surface area contributed by atoms with Gasteiger partial charge in [0, 0.05) is 12.6 Å². The summed E-state index contributed by atoms with van der Waals surface area (Å²) >= 11 is 0. The van der Waals surface area contributed by atoms with Crippen LogP contribution in [0.15, 0.2) is 18.2 Å². The Labute approximate surface area is 100 Å². The first kappa shape index (κ1) is 13.7. The summed E-state index contributed by atoms with van der Waals surface area (Å²) in [5, 5.41) is 2.74. The summed E-state index contributed by atoms with van der Waals surface area (Å²) in [7, 11) is -0.449. The lowest BCUT2D eigenvalue weighted by atomic mass is 10.3. The number of hydrogen-bond acceptors (Lipinski definition) is 4. The zero-order chi connectivity index (χ0) is 12.9. The topological polar surface area (TPSA) is 67.4 Å². The lowest BCUT2D eigenvalue weighted by Crippen LogP contribution is -2.24. The Balaban J connectivity index is 2.87. The number of anilines is 1. The van der Waals surface area contributed by atoms with Gasteiger partial charge in [-0.15, -0.1) is 0 Å². The van der Waals surface area contributed by atoms with Crippen molar-refractivity contribution in [3.63, 3.8) is 0 Å². The van der Waals surface area contributed by atoms with Crippen LogP contribution < -0.4 is 14.8 Å². The molecule has 2 N–H and O–H groups in total. The minimum atomic E-state index is -3.46. The second kappa shape index (κ2) is 5.83. The Hall–Kier alpha value is -1.34. The van der Waals surface area contributed by atoms with Crippen molar-refractivity contribution < 1.29 is 17.5 Å². The van der Waals surface area contributed by atoms with Crippen LogP contribution in [-0.4, -0.2) is 34.9 Å². The average Bonchev–Trinajstić information content (AvgIpc) is 2.28. The molecule has 0 spiro atoms. The normalized spacial score (nSPS) is 11.2. The molecule has 0 heterocycles. The van der Waals surface area contributed by atoms with Gasteiger partial charge in [-0.1, -0.05) is 0 Å². The SMILES string of the molecule is CNCCS(=O)(=O)Nc1ccc(F)cc1OC. The number of ether oxygens (including phenoxy) is 1. The fourth-order valence-electron chi connectivity index (χ4n) is 1.20. The molecule has 0 aliphatic heterocycles. The van der Waals surface area contributed by atoms with Crippen molar-refractivity contribution in [2.75, 3.05) is 31.2 Å². The van der Waals surface area contributed by atoms with Crippen LogP contribution in [0.25, 0.3) is 0 Å². The molecule has 0 aromatic heterocycles. The van der Waals surface area contributed by atoms with E-state index in [-0.39, 0.29) is 17.2 Å². The number of methoxy groups -OCH3 is 1. The molecule has 1 rings (SSSR count). The highest BCUT2D eigenvalue weighted by molar-refractivity contribution is 7.92. The van der Waals surface area contributed by atoms with E-state index in [1.807, 2.05) is 0 Å². The highest BCUT2D eigenvalue weighted by Gasteiger charge is 2.13. The van der Waals surface area contributed by atoms with Crippen molar-refractivity contribution in [3.05, 3.63) is 24.0 Å². The predicted molar refractivity (Wildman–Crippen MR) is 64.3 cm³/mol. The molecule has 1 aromatic carbocycles. The fraction of sp³-hybridized carbons (Fsp3) is 0.400. The molecule has 0 amide bonds. The van der Waals surface area contributed by atoms with Crippen LogP contribution in [0.2, 0.25) is 0 Å². The summed E-state index contributed by atoms with van der Waals surface area (Å²) < 4.78 is 43.4. The number of hydrogen-bond donors (Lipinski definition) is 2. The van der Waals surface area contributed by atoms with Crippen molar-refractivity contribution in [2.24, 2.45) is 0 Å². The Morgan fingerprint density at radius 2 is 2.12 bits per heavy atom. The molecular weight excluding hydrogens is 247 g/mol. The molecule has 96 valence electrons. The highest BCUT2D eigenvalue weighted by atomic mass is 32.2. The maximum atomic E-state index is 12.9. The first-order valence-corrected chi connectivity index (χ1v) is 6.62. The van der Waals surface area contributed by atoms with Crippen LogP contribution >= 0.6 is 0 Å². The van der Waals surface area contributed by atoms with Gasteiger partial charge in [-0.3, -0.25) is 4.72 Å². The van der Waals surface area contributed by atoms with Crippen molar-refractivity contribution >= 4 is 15.7 Å². The highest BCUT2D eigenvalue weighted by Crippen LogP contribution is 2.25. The molecule has 1 aromatic rings. The smallest absolute Gasteiger partial charge is 0.234 e. The van der Waals surface area contributed by atoms with Crippen LogP contribution in [0, 0.1) is 5.82 Å². The second-order valence-corrected chi connectivity index (χ2v) is 5.21. The van der Waals surface area contributed by atoms with Gasteiger partial charge in [0.05, 0.1) is 18.6 Å². The molecule has 0 aliphatic rings. The van der Waals surface area contributed by atoms with E-state index in [1.54, 1.807) is 7.05 Å². The fourth-order valence-corrected chi connectivity index (χ4v) is 2.28. The third-order valence-corrected chi connectivity index (χ3v) is 3.32. The van der Waals surface area contributed by atoms with E-state index in [2.05, 4.69) is 10.0 Å². The monoisotopic (exact) mass is 262 g/mol. The van der Waals surface area contributed by atoms with Gasteiger partial charge in [0.25, 0.3) is 0 Å². The summed E-state index contributed by atoms with van der Waals surface area (Å²) in [5.74, 6) is -0.401. The Morgan fingerprint density at radius 1 is 1.41 bits per heavy atom. The van der Waals surface area contributed by atoms with E-state index >= 15 is 0 Å². The molecule has 7 heteroatoms. The van der Waals surface area contributed by atoms with Crippen molar-refractivity contribution in [3.8, 4) is 5.75 Å². The predicted octanol–water partition coefficient (Wildman–Crippen LogP) is 0.795. The van der Waals surface area contributed by atoms with Gasteiger partial charge in [0.15, 0.2) is 0 Å². The Kier molecular flexibility index (Phi) is 4.71. The molecule has 0 saturated heterocycles. The second-order valence-electron chi connectivity index (χ2n) is 3.37. The Bertz CT molecular complexity index is 476. The molecule has 0 bridgehead atoms. The van der Waals surface area contributed by atoms with Gasteiger partial charge in [-0.25, -0.2) is 12.8 Å². The summed E-state index contributed by atoms with van der Waals surface area (Å²) in [6.45, 7) is 0.332. The van der Waals surface area contributed by atoms with Crippen LogP contribution in [-0.2, 0) is 10.0 Å². The van der Waals surface area contributed by atoms with E-state index < -0.39 is 15.8 Å². The molecule has 0 radical (unpaired) electrons. The first-order valence-electron chi connectivity index (χ1n) is 4.97. The number of rotatable bonds is 6. The number of nitrogens with one attached hydrogen (secondary N) is 2. The molecule has 0 unspecified atom stereocenters. The lowest BCUT2D eigenvalue weighted by Gasteiger charge is -2.11. The third-order valence-electron chi connectivity index (χ3n) is 2.05. The van der Waals surface area contributed by atoms with Gasteiger partial charge < -0.3 is 10.1 Å². The molecule has 5 nitrogen and oxygen atoms in total. The first-order chi connectivity index (χ1) is 7.98. The lowest BCUT2D eigenvalue weighted by molar-refractivity contribution is 0.413. The number of sulfonamides is 1. The van der Waals surface area contributed by atoms with Crippen molar-refractivity contribution in [1.29, 1.82) is 0 Å². The van der Waals surface area contributed by atoms with Crippen molar-refractivity contribution in [1.82, 2.24) is 5.32 Å². The average molecular weight is 262 g/mol. The van der Waals surface area contributed by atoms with Crippen LogP contribution in [0.1, 0.15) is 0 Å². The zero-order valence-corrected chi connectivity index (χ0v) is 10.5. The maximum absolute atomic E-state index is 12.9. The van der Waals surface area contributed by atoms with Crippen molar-refractivity contribution in [2.45, 2.75) is 0 Å². The summed E-state index contributed by atoms with van der Waals surface area (Å²) in [5.41, 5.74) is 0.227. The van der Waals surface area contributed by atoms with E-state index in [9.17, 15) is 12.8 Å². The summed E-state index contributed by atoms with van der Waals surface area (Å²) in [6, 6.07) is 3.61. The summed E-state index contributed by atoms with van der Waals surface area (Å²) in [4.78, 5) is 0. The van der Waals surface area contributed by atoms with Gasteiger partial charge in [0.1, 0.15) is 11.6 Å². The van der Waals surface area contributed by atoms with E-state index in [4.69, 9.17) is 4.74 Å². The van der Waals surface area contributed by atoms with Gasteiger partial charge >= 0.3 is 0 Å². The molecule has 17 heavy (non-hydrogen) atoms. The zero-order valence-electron chi connectivity index (χ0n) is 9.66. The number of halogens is 1. The van der Waals surface area contributed by atoms with Crippen LogP contribution in [0.5, 0.6) is 5.75 Å². The quantitative estimate of drug-likeness (QED) is 0.795. The van der Waals surface area contributed by atoms with Crippen LogP contribution in [0.3, 0.4) is 0 Å². The van der Waals surface area contributed by atoms with Gasteiger partial charge in [-0.05, 0) is 19.2 Å². The number of benzene rings is 1. The molecule has 0 atom stereocenters. The largest absolute Gasteiger partial charge is 0.494 e. The summed E-state index contributed by atoms with van der Waals surface area (Å²) in [6.07, 6.45) is 0. The third kappa shape index (κ3) is 4.20. The minimum absolute atomic E-state index is 0.0654. The van der Waals surface area contributed by atoms with E-state index in [0.717, 1.165) is 6.07 Å². The van der Waals surface area contributed by atoms with Gasteiger partial charge in [0.2, 0.25) is 10.0 Å².